The van der Waals surface area contributed by atoms with Gasteiger partial charge in [-0.3, -0.25) is 4.79 Å². The van der Waals surface area contributed by atoms with E-state index >= 15 is 0 Å². The number of hydrogen-bond acceptors (Lipinski definition) is 8. The van der Waals surface area contributed by atoms with Gasteiger partial charge in [-0.05, 0) is 46.0 Å². The number of hydrogen-bond donors (Lipinski definition) is 0. The van der Waals surface area contributed by atoms with Gasteiger partial charge < -0.3 is 23.4 Å². The predicted octanol–water partition coefficient (Wildman–Crippen LogP) is 4.38. The molecule has 34 heavy (non-hydrogen) atoms. The molecule has 8 nitrogen and oxygen atoms in total. The molecule has 1 saturated carbocycles. The first-order valence-electron chi connectivity index (χ1n) is 12.6. The maximum absolute atomic E-state index is 13.1. The SMILES string of the molecule is CCc1nnc([C@@H](CC(=O)O[C@@H]2CC[C@]3(CO3)[C@@H]([C@@]3(C)O[C@@H]3CC=C(C)C)[C@@H]2OC)C(C)C)o1. The quantitative estimate of drug-likeness (QED) is 0.279. The van der Waals surface area contributed by atoms with Crippen LogP contribution in [0.5, 0.6) is 0 Å². The van der Waals surface area contributed by atoms with Crippen LogP contribution in [0.25, 0.3) is 0 Å². The van der Waals surface area contributed by atoms with E-state index in [2.05, 4.69) is 50.9 Å². The highest BCUT2D eigenvalue weighted by molar-refractivity contribution is 5.70. The van der Waals surface area contributed by atoms with Crippen LogP contribution in [0.4, 0.5) is 0 Å². The molecule has 3 aliphatic rings. The molecule has 0 unspecified atom stereocenters. The van der Waals surface area contributed by atoms with E-state index in [4.69, 9.17) is 23.4 Å². The van der Waals surface area contributed by atoms with Crippen LogP contribution in [0.2, 0.25) is 0 Å². The molecule has 2 saturated heterocycles. The Kier molecular flexibility index (Phi) is 7.23. The molecule has 1 spiro atoms. The fourth-order valence-corrected chi connectivity index (χ4v) is 5.63. The molecule has 0 radical (unpaired) electrons. The van der Waals surface area contributed by atoms with Crippen molar-refractivity contribution in [2.75, 3.05) is 13.7 Å². The molecular formula is C26H40N2O6. The number of rotatable bonds is 10. The average Bonchev–Trinajstić information content (AvgIpc) is 3.64. The van der Waals surface area contributed by atoms with Crippen molar-refractivity contribution < 1.29 is 28.2 Å². The Morgan fingerprint density at radius 1 is 1.29 bits per heavy atom. The minimum atomic E-state index is -0.352. The summed E-state index contributed by atoms with van der Waals surface area (Å²) in [6.07, 6.45) is 4.98. The molecule has 7 atom stereocenters. The lowest BCUT2D eigenvalue weighted by atomic mass is 9.68. The van der Waals surface area contributed by atoms with Gasteiger partial charge in [-0.15, -0.1) is 10.2 Å². The average molecular weight is 477 g/mol. The first-order chi connectivity index (χ1) is 16.1. The molecule has 1 aromatic rings. The van der Waals surface area contributed by atoms with Gasteiger partial charge in [0.15, 0.2) is 0 Å². The van der Waals surface area contributed by atoms with E-state index in [9.17, 15) is 4.79 Å². The maximum Gasteiger partial charge on any atom is 0.306 e. The van der Waals surface area contributed by atoms with Gasteiger partial charge in [0.1, 0.15) is 23.4 Å². The van der Waals surface area contributed by atoms with Crippen molar-refractivity contribution in [3.8, 4) is 0 Å². The summed E-state index contributed by atoms with van der Waals surface area (Å²) >= 11 is 0. The number of methoxy groups -OCH3 is 1. The fraction of sp³-hybridized carbons (Fsp3) is 0.808. The maximum atomic E-state index is 13.1. The van der Waals surface area contributed by atoms with Gasteiger partial charge in [-0.2, -0.15) is 0 Å². The number of esters is 1. The third-order valence-electron chi connectivity index (χ3n) is 7.81. The Morgan fingerprint density at radius 2 is 2.03 bits per heavy atom. The van der Waals surface area contributed by atoms with Crippen LogP contribution in [-0.4, -0.2) is 59.4 Å². The van der Waals surface area contributed by atoms with Crippen molar-refractivity contribution in [1.29, 1.82) is 0 Å². The zero-order valence-electron chi connectivity index (χ0n) is 21.6. The number of ether oxygens (including phenoxy) is 4. The summed E-state index contributed by atoms with van der Waals surface area (Å²) in [7, 11) is 1.69. The second kappa shape index (κ2) is 9.70. The van der Waals surface area contributed by atoms with E-state index in [1.54, 1.807) is 7.11 Å². The third kappa shape index (κ3) is 4.95. The van der Waals surface area contributed by atoms with Gasteiger partial charge in [0, 0.05) is 13.5 Å². The van der Waals surface area contributed by atoms with Crippen LogP contribution in [0.3, 0.4) is 0 Å². The number of aryl methyl sites for hydroxylation is 1. The number of nitrogens with zero attached hydrogens (tertiary/aromatic N) is 2. The van der Waals surface area contributed by atoms with E-state index in [1.165, 1.54) is 5.57 Å². The molecule has 3 fully saturated rings. The fourth-order valence-electron chi connectivity index (χ4n) is 5.63. The standard InChI is InChI=1S/C26H40N2O6/c1-8-20-27-28-24(33-20)17(16(4)5)13-21(29)32-18-11-12-26(14-31-26)23(22(18)30-7)25(6)19(34-25)10-9-15(2)3/h9,16-19,22-23H,8,10-14H2,1-7H3/t17-,18+,19+,22+,23+,25-,26-/m0/s1. The summed E-state index contributed by atoms with van der Waals surface area (Å²) in [5, 5.41) is 8.24. The normalized spacial score (nSPS) is 35.3. The number of carbonyl (C=O) groups is 1. The Balaban J connectivity index is 1.45. The molecule has 3 heterocycles. The molecule has 0 aromatic carbocycles. The smallest absolute Gasteiger partial charge is 0.306 e. The van der Waals surface area contributed by atoms with Crippen LogP contribution in [0.15, 0.2) is 16.1 Å². The number of aromatic nitrogens is 2. The molecule has 2 aliphatic heterocycles. The Bertz CT molecular complexity index is 903. The first-order valence-corrected chi connectivity index (χ1v) is 12.6. The molecular weight excluding hydrogens is 436 g/mol. The third-order valence-corrected chi connectivity index (χ3v) is 7.81. The lowest BCUT2D eigenvalue weighted by molar-refractivity contribution is -0.172. The van der Waals surface area contributed by atoms with E-state index in [0.29, 0.717) is 31.2 Å². The highest BCUT2D eigenvalue weighted by Gasteiger charge is 2.72. The summed E-state index contributed by atoms with van der Waals surface area (Å²) in [4.78, 5) is 13.1. The van der Waals surface area contributed by atoms with Gasteiger partial charge in [0.2, 0.25) is 11.8 Å². The number of epoxide rings is 2. The van der Waals surface area contributed by atoms with Crippen LogP contribution >= 0.6 is 0 Å². The van der Waals surface area contributed by atoms with Crippen molar-refractivity contribution in [3.05, 3.63) is 23.4 Å². The summed E-state index contributed by atoms with van der Waals surface area (Å²) in [6, 6.07) is 0. The Morgan fingerprint density at radius 3 is 2.59 bits per heavy atom. The van der Waals surface area contributed by atoms with E-state index < -0.39 is 0 Å². The Hall–Kier alpha value is -1.77. The van der Waals surface area contributed by atoms with Crippen molar-refractivity contribution in [3.63, 3.8) is 0 Å². The summed E-state index contributed by atoms with van der Waals surface area (Å²) in [5.74, 6) is 0.801. The monoisotopic (exact) mass is 476 g/mol. The number of allylic oxidation sites excluding steroid dienone is 1. The van der Waals surface area contributed by atoms with Crippen molar-refractivity contribution in [2.45, 2.75) is 109 Å². The first kappa shape index (κ1) is 25.3. The molecule has 0 amide bonds. The number of carbonyl (C=O) groups excluding carboxylic acids is 1. The van der Waals surface area contributed by atoms with Gasteiger partial charge in [-0.25, -0.2) is 0 Å². The lowest BCUT2D eigenvalue weighted by Crippen LogP contribution is -2.55. The molecule has 0 N–H and O–H groups in total. The zero-order valence-corrected chi connectivity index (χ0v) is 21.6. The second-order valence-electron chi connectivity index (χ2n) is 10.8. The largest absolute Gasteiger partial charge is 0.460 e. The highest BCUT2D eigenvalue weighted by Crippen LogP contribution is 2.59. The van der Waals surface area contributed by atoms with Crippen LogP contribution in [0.1, 0.15) is 84.9 Å². The molecule has 190 valence electrons. The summed E-state index contributed by atoms with van der Waals surface area (Å²) < 4.78 is 30.1. The van der Waals surface area contributed by atoms with Gasteiger partial charge in [0.05, 0.1) is 31.0 Å². The summed E-state index contributed by atoms with van der Waals surface area (Å²) in [6.45, 7) is 13.1. The molecule has 1 aliphatic carbocycles. The molecule has 4 rings (SSSR count). The minimum absolute atomic E-state index is 0.0102. The molecule has 8 heteroatoms. The zero-order chi connectivity index (χ0) is 24.7. The second-order valence-corrected chi connectivity index (χ2v) is 10.8. The lowest BCUT2D eigenvalue weighted by Gasteiger charge is -2.42. The van der Waals surface area contributed by atoms with Gasteiger partial charge >= 0.3 is 5.97 Å². The van der Waals surface area contributed by atoms with E-state index in [1.807, 2.05) is 6.92 Å². The van der Waals surface area contributed by atoms with Crippen LogP contribution in [-0.2, 0) is 30.2 Å². The van der Waals surface area contributed by atoms with Crippen molar-refractivity contribution in [1.82, 2.24) is 10.2 Å². The molecule has 1 aromatic heterocycles. The van der Waals surface area contributed by atoms with Gasteiger partial charge in [0.25, 0.3) is 0 Å². The molecule has 0 bridgehead atoms. The predicted molar refractivity (Wildman–Crippen MR) is 125 cm³/mol. The van der Waals surface area contributed by atoms with Crippen LogP contribution in [0, 0.1) is 11.8 Å². The van der Waals surface area contributed by atoms with E-state index in [-0.39, 0.29) is 59.7 Å². The minimum Gasteiger partial charge on any atom is -0.460 e. The van der Waals surface area contributed by atoms with Crippen LogP contribution < -0.4 is 0 Å². The topological polar surface area (TPSA) is 99.5 Å². The van der Waals surface area contributed by atoms with Gasteiger partial charge in [-0.1, -0.05) is 32.4 Å². The summed E-state index contributed by atoms with van der Waals surface area (Å²) in [5.41, 5.74) is 0.689. The highest BCUT2D eigenvalue weighted by atomic mass is 16.6. The Labute approximate surface area is 202 Å². The van der Waals surface area contributed by atoms with Crippen molar-refractivity contribution in [2.24, 2.45) is 11.8 Å². The van der Waals surface area contributed by atoms with E-state index in [0.717, 1.165) is 12.8 Å². The van der Waals surface area contributed by atoms with Crippen molar-refractivity contribution >= 4 is 5.97 Å².